The highest BCUT2D eigenvalue weighted by atomic mass is 19.4. The second-order valence-electron chi connectivity index (χ2n) is 7.57. The fraction of sp³-hybridized carbons (Fsp3) is 0.429. The number of rotatable bonds is 5. The summed E-state index contributed by atoms with van der Waals surface area (Å²) in [5.74, 6) is 0.0928. The third-order valence-corrected chi connectivity index (χ3v) is 5.19. The molecule has 2 aromatic rings. The molecule has 1 amide bonds. The number of H-pyrrole nitrogens is 1. The van der Waals surface area contributed by atoms with Crippen molar-refractivity contribution < 1.29 is 18.0 Å². The summed E-state index contributed by atoms with van der Waals surface area (Å²) < 4.78 is 38.3. The number of carbonyl (C=O) groups excluding carboxylic acids is 1. The number of carbonyl (C=O) groups is 1. The number of alkyl halides is 3. The van der Waals surface area contributed by atoms with E-state index in [1.54, 1.807) is 6.07 Å². The van der Waals surface area contributed by atoms with Crippen molar-refractivity contribution in [2.45, 2.75) is 39.0 Å². The normalized spacial score (nSPS) is 16.0. The zero-order valence-corrected chi connectivity index (χ0v) is 16.2. The number of pyridine rings is 1. The Morgan fingerprint density at radius 1 is 1.21 bits per heavy atom. The Balaban J connectivity index is 1.60. The van der Waals surface area contributed by atoms with E-state index in [4.69, 9.17) is 0 Å². The summed E-state index contributed by atoms with van der Waals surface area (Å²) in [6, 6.07) is 7.89. The van der Waals surface area contributed by atoms with Gasteiger partial charge in [0.2, 0.25) is 0 Å². The van der Waals surface area contributed by atoms with E-state index in [0.29, 0.717) is 18.0 Å². The van der Waals surface area contributed by atoms with Gasteiger partial charge in [-0.2, -0.15) is 13.2 Å². The second-order valence-corrected chi connectivity index (χ2v) is 7.57. The minimum Gasteiger partial charge on any atom is -0.348 e. The maximum atomic E-state index is 12.8. The van der Waals surface area contributed by atoms with E-state index in [0.717, 1.165) is 43.8 Å². The van der Waals surface area contributed by atoms with Crippen molar-refractivity contribution in [2.75, 3.05) is 13.1 Å². The van der Waals surface area contributed by atoms with Crippen molar-refractivity contribution in [3.05, 3.63) is 69.1 Å². The van der Waals surface area contributed by atoms with Crippen LogP contribution in [0.15, 0.2) is 41.2 Å². The molecule has 1 saturated heterocycles. The third-order valence-electron chi connectivity index (χ3n) is 5.19. The molecule has 0 bridgehead atoms. The Bertz CT molecular complexity index is 916. The molecule has 0 atom stereocenters. The summed E-state index contributed by atoms with van der Waals surface area (Å²) in [7, 11) is 0. The van der Waals surface area contributed by atoms with E-state index in [2.05, 4.69) is 22.1 Å². The Kier molecular flexibility index (Phi) is 6.42. The average molecular weight is 407 g/mol. The zero-order chi connectivity index (χ0) is 21.0. The summed E-state index contributed by atoms with van der Waals surface area (Å²) in [6.45, 7) is 4.70. The lowest BCUT2D eigenvalue weighted by molar-refractivity contribution is -0.137. The van der Waals surface area contributed by atoms with Gasteiger partial charge in [-0.05, 0) is 61.7 Å². The van der Waals surface area contributed by atoms with Gasteiger partial charge in [0.15, 0.2) is 0 Å². The van der Waals surface area contributed by atoms with Gasteiger partial charge >= 0.3 is 6.18 Å². The van der Waals surface area contributed by atoms with Crippen LogP contribution in [0, 0.1) is 5.92 Å². The molecule has 2 heterocycles. The van der Waals surface area contributed by atoms with Crippen LogP contribution >= 0.6 is 0 Å². The fourth-order valence-corrected chi connectivity index (χ4v) is 3.38. The quantitative estimate of drug-likeness (QED) is 0.797. The largest absolute Gasteiger partial charge is 0.416 e. The van der Waals surface area contributed by atoms with Gasteiger partial charge in [-0.3, -0.25) is 14.5 Å². The summed E-state index contributed by atoms with van der Waals surface area (Å²) >= 11 is 0. The fourth-order valence-electron chi connectivity index (χ4n) is 3.38. The molecule has 0 aliphatic carbocycles. The average Bonchev–Trinajstić information content (AvgIpc) is 2.68. The van der Waals surface area contributed by atoms with E-state index in [9.17, 15) is 22.8 Å². The van der Waals surface area contributed by atoms with Crippen LogP contribution in [0.25, 0.3) is 0 Å². The van der Waals surface area contributed by atoms with E-state index in [1.807, 2.05) is 0 Å². The number of nitrogens with zero attached hydrogens (tertiary/aromatic N) is 1. The van der Waals surface area contributed by atoms with Crippen molar-refractivity contribution >= 4 is 5.91 Å². The summed E-state index contributed by atoms with van der Waals surface area (Å²) in [5.41, 5.74) is -0.305. The van der Waals surface area contributed by atoms with E-state index >= 15 is 0 Å². The first kappa shape index (κ1) is 21.1. The number of hydrogen-bond acceptors (Lipinski definition) is 3. The molecule has 3 rings (SSSR count). The summed E-state index contributed by atoms with van der Waals surface area (Å²) in [6.07, 6.45) is -2.19. The lowest BCUT2D eigenvalue weighted by Crippen LogP contribution is -2.34. The van der Waals surface area contributed by atoms with Crippen LogP contribution in [0.5, 0.6) is 0 Å². The van der Waals surface area contributed by atoms with Gasteiger partial charge in [0.1, 0.15) is 5.56 Å². The molecule has 5 nitrogen and oxygen atoms in total. The number of hydrogen-bond donors (Lipinski definition) is 2. The Labute approximate surface area is 166 Å². The lowest BCUT2D eigenvalue weighted by atomic mass is 9.99. The van der Waals surface area contributed by atoms with Gasteiger partial charge in [-0.15, -0.1) is 0 Å². The molecule has 8 heteroatoms. The van der Waals surface area contributed by atoms with Crippen molar-refractivity contribution in [2.24, 2.45) is 5.92 Å². The minimum atomic E-state index is -4.45. The number of aromatic amines is 1. The first-order valence-corrected chi connectivity index (χ1v) is 9.61. The maximum Gasteiger partial charge on any atom is 0.416 e. The minimum absolute atomic E-state index is 0.0620. The van der Waals surface area contributed by atoms with Gasteiger partial charge < -0.3 is 10.3 Å². The predicted molar refractivity (Wildman–Crippen MR) is 103 cm³/mol. The van der Waals surface area contributed by atoms with Gasteiger partial charge in [0, 0.05) is 18.8 Å². The number of halogens is 3. The second kappa shape index (κ2) is 8.82. The highest BCUT2D eigenvalue weighted by Crippen LogP contribution is 2.29. The van der Waals surface area contributed by atoms with Gasteiger partial charge in [-0.1, -0.05) is 19.1 Å². The van der Waals surface area contributed by atoms with Crippen LogP contribution in [-0.4, -0.2) is 28.9 Å². The molecule has 0 saturated carbocycles. The molecule has 1 aromatic heterocycles. The summed E-state index contributed by atoms with van der Waals surface area (Å²) in [5, 5.41) is 2.50. The Morgan fingerprint density at radius 3 is 2.59 bits per heavy atom. The van der Waals surface area contributed by atoms with Crippen molar-refractivity contribution in [1.82, 2.24) is 15.2 Å². The van der Waals surface area contributed by atoms with Crippen LogP contribution in [0.2, 0.25) is 0 Å². The van der Waals surface area contributed by atoms with Crippen LogP contribution < -0.4 is 10.9 Å². The molecule has 1 aliphatic rings. The standard InChI is InChI=1S/C21H24F3N3O2/c1-14-7-9-27(10-8-14)13-17-5-6-18(20(29)26-17)19(28)25-12-15-3-2-4-16(11-15)21(22,23)24/h2-6,11,14H,7-10,12-13H2,1H3,(H,25,28)(H,26,29). The SMILES string of the molecule is CC1CCN(Cc2ccc(C(=O)NCc3cccc(C(F)(F)F)c3)c(=O)[nH]2)CC1. The van der Waals surface area contributed by atoms with E-state index < -0.39 is 23.2 Å². The number of likely N-dealkylation sites (tertiary alicyclic amines) is 1. The third kappa shape index (κ3) is 5.69. The molecule has 0 unspecified atom stereocenters. The lowest BCUT2D eigenvalue weighted by Gasteiger charge is -2.29. The molecule has 1 fully saturated rings. The molecule has 29 heavy (non-hydrogen) atoms. The first-order valence-electron chi connectivity index (χ1n) is 9.61. The van der Waals surface area contributed by atoms with Crippen LogP contribution in [0.1, 0.15) is 46.9 Å². The van der Waals surface area contributed by atoms with Gasteiger partial charge in [0.05, 0.1) is 5.56 Å². The van der Waals surface area contributed by atoms with E-state index in [1.165, 1.54) is 18.2 Å². The van der Waals surface area contributed by atoms with Crippen LogP contribution in [0.4, 0.5) is 13.2 Å². The highest BCUT2D eigenvalue weighted by molar-refractivity contribution is 5.93. The Morgan fingerprint density at radius 2 is 1.93 bits per heavy atom. The molecular weight excluding hydrogens is 383 g/mol. The van der Waals surface area contributed by atoms with Crippen molar-refractivity contribution in [3.63, 3.8) is 0 Å². The van der Waals surface area contributed by atoms with Crippen LogP contribution in [0.3, 0.4) is 0 Å². The molecule has 156 valence electrons. The summed E-state index contributed by atoms with van der Waals surface area (Å²) in [4.78, 5) is 29.6. The Hall–Kier alpha value is -2.61. The molecule has 0 spiro atoms. The van der Waals surface area contributed by atoms with E-state index in [-0.39, 0.29) is 12.1 Å². The molecule has 2 N–H and O–H groups in total. The van der Waals surface area contributed by atoms with Crippen molar-refractivity contribution in [3.8, 4) is 0 Å². The number of benzene rings is 1. The number of aromatic nitrogens is 1. The molecule has 1 aliphatic heterocycles. The molecule has 1 aromatic carbocycles. The maximum absolute atomic E-state index is 12.8. The van der Waals surface area contributed by atoms with Crippen molar-refractivity contribution in [1.29, 1.82) is 0 Å². The zero-order valence-electron chi connectivity index (χ0n) is 16.2. The highest BCUT2D eigenvalue weighted by Gasteiger charge is 2.30. The molecule has 0 radical (unpaired) electrons. The smallest absolute Gasteiger partial charge is 0.348 e. The molecular formula is C21H24F3N3O2. The van der Waals surface area contributed by atoms with Crippen LogP contribution in [-0.2, 0) is 19.3 Å². The number of amides is 1. The monoisotopic (exact) mass is 407 g/mol. The number of piperidine rings is 1. The topological polar surface area (TPSA) is 65.2 Å². The van der Waals surface area contributed by atoms with Gasteiger partial charge in [-0.25, -0.2) is 0 Å². The predicted octanol–water partition coefficient (Wildman–Crippen LogP) is 3.56. The first-order chi connectivity index (χ1) is 13.7. The number of nitrogens with one attached hydrogen (secondary N) is 2. The van der Waals surface area contributed by atoms with Gasteiger partial charge in [0.25, 0.3) is 11.5 Å².